The van der Waals surface area contributed by atoms with Gasteiger partial charge in [-0.25, -0.2) is 0 Å². The van der Waals surface area contributed by atoms with Crippen LogP contribution in [0.2, 0.25) is 5.02 Å². The molecule has 0 radical (unpaired) electrons. The predicted molar refractivity (Wildman–Crippen MR) is 81.4 cm³/mol. The third-order valence-electron chi connectivity index (χ3n) is 3.16. The number of amides is 1. The molecule has 0 heterocycles. The summed E-state index contributed by atoms with van der Waals surface area (Å²) in [5.74, 6) is -0.0667. The van der Waals surface area contributed by atoms with Gasteiger partial charge in [-0.3, -0.25) is 4.79 Å². The number of carbonyl (C=O) groups is 1. The topological polar surface area (TPSA) is 49.3 Å². The van der Waals surface area contributed by atoms with Gasteiger partial charge in [0.1, 0.15) is 5.75 Å². The van der Waals surface area contributed by atoms with E-state index in [1.807, 2.05) is 32.0 Å². The largest absolute Gasteiger partial charge is 0.508 e. The molecule has 0 bridgehead atoms. The van der Waals surface area contributed by atoms with Crippen LogP contribution in [0.15, 0.2) is 36.4 Å². The molecule has 0 aliphatic carbocycles. The van der Waals surface area contributed by atoms with Gasteiger partial charge in [-0.2, -0.15) is 0 Å². The van der Waals surface area contributed by atoms with Crippen LogP contribution in [0.3, 0.4) is 0 Å². The van der Waals surface area contributed by atoms with Crippen LogP contribution in [-0.2, 0) is 11.2 Å². The number of aromatic hydroxyl groups is 1. The first-order valence-electron chi connectivity index (χ1n) is 6.30. The van der Waals surface area contributed by atoms with Crippen molar-refractivity contribution in [1.82, 2.24) is 0 Å². The van der Waals surface area contributed by atoms with E-state index < -0.39 is 0 Å². The quantitative estimate of drug-likeness (QED) is 0.843. The van der Waals surface area contributed by atoms with Crippen LogP contribution in [0.1, 0.15) is 16.7 Å². The molecule has 0 atom stereocenters. The molecule has 0 saturated carbocycles. The molecule has 0 aromatic heterocycles. The van der Waals surface area contributed by atoms with Crippen LogP contribution in [0, 0.1) is 13.8 Å². The molecule has 0 spiro atoms. The number of hydrogen-bond acceptors (Lipinski definition) is 2. The lowest BCUT2D eigenvalue weighted by Crippen LogP contribution is -2.14. The fraction of sp³-hybridized carbons (Fsp3) is 0.188. The van der Waals surface area contributed by atoms with Gasteiger partial charge in [0, 0.05) is 6.07 Å². The van der Waals surface area contributed by atoms with Gasteiger partial charge in [-0.15, -0.1) is 0 Å². The molecular weight excluding hydrogens is 274 g/mol. The second kappa shape index (κ2) is 5.97. The van der Waals surface area contributed by atoms with E-state index in [-0.39, 0.29) is 11.7 Å². The standard InChI is InChI=1S/C16H16ClNO2/c1-10-3-4-12(7-11(10)2)8-16(20)18-15-6-5-13(19)9-14(15)17/h3-7,9,19H,8H2,1-2H3,(H,18,20). The molecule has 1 amide bonds. The van der Waals surface area contributed by atoms with Gasteiger partial charge in [-0.1, -0.05) is 29.8 Å². The molecule has 0 aliphatic heterocycles. The molecule has 2 rings (SSSR count). The number of aryl methyl sites for hydroxylation is 2. The number of phenols is 1. The first kappa shape index (κ1) is 14.4. The van der Waals surface area contributed by atoms with Gasteiger partial charge >= 0.3 is 0 Å². The van der Waals surface area contributed by atoms with Gasteiger partial charge in [0.25, 0.3) is 0 Å². The van der Waals surface area contributed by atoms with Crippen molar-refractivity contribution in [2.45, 2.75) is 20.3 Å². The Morgan fingerprint density at radius 2 is 1.90 bits per heavy atom. The molecule has 2 N–H and O–H groups in total. The molecule has 20 heavy (non-hydrogen) atoms. The van der Waals surface area contributed by atoms with Crippen LogP contribution < -0.4 is 5.32 Å². The molecule has 3 nitrogen and oxygen atoms in total. The van der Waals surface area contributed by atoms with Crippen LogP contribution in [0.25, 0.3) is 0 Å². The Hall–Kier alpha value is -2.00. The zero-order valence-corrected chi connectivity index (χ0v) is 12.2. The summed E-state index contributed by atoms with van der Waals surface area (Å²) in [5, 5.41) is 12.3. The Morgan fingerprint density at radius 1 is 1.15 bits per heavy atom. The minimum Gasteiger partial charge on any atom is -0.508 e. The summed E-state index contributed by atoms with van der Waals surface area (Å²) in [6.07, 6.45) is 0.290. The monoisotopic (exact) mass is 289 g/mol. The number of phenolic OH excluding ortho intramolecular Hbond substituents is 1. The zero-order valence-electron chi connectivity index (χ0n) is 11.4. The van der Waals surface area contributed by atoms with E-state index in [9.17, 15) is 9.90 Å². The minimum atomic E-state index is -0.138. The Labute approximate surface area is 123 Å². The summed E-state index contributed by atoms with van der Waals surface area (Å²) >= 11 is 5.95. The highest BCUT2D eigenvalue weighted by atomic mass is 35.5. The summed E-state index contributed by atoms with van der Waals surface area (Å²) in [6.45, 7) is 4.06. The lowest BCUT2D eigenvalue weighted by Gasteiger charge is -2.08. The van der Waals surface area contributed by atoms with Crippen molar-refractivity contribution in [2.24, 2.45) is 0 Å². The number of hydrogen-bond donors (Lipinski definition) is 2. The van der Waals surface area contributed by atoms with Crippen molar-refractivity contribution in [3.8, 4) is 5.75 Å². The highest BCUT2D eigenvalue weighted by molar-refractivity contribution is 6.33. The maximum absolute atomic E-state index is 12.0. The fourth-order valence-corrected chi connectivity index (χ4v) is 2.12. The van der Waals surface area contributed by atoms with Crippen LogP contribution >= 0.6 is 11.6 Å². The zero-order chi connectivity index (χ0) is 14.7. The van der Waals surface area contributed by atoms with Crippen molar-refractivity contribution in [3.05, 3.63) is 58.1 Å². The third kappa shape index (κ3) is 3.52. The molecule has 0 saturated heterocycles. The highest BCUT2D eigenvalue weighted by Crippen LogP contribution is 2.26. The Kier molecular flexibility index (Phi) is 4.30. The van der Waals surface area contributed by atoms with E-state index >= 15 is 0 Å². The molecular formula is C16H16ClNO2. The summed E-state index contributed by atoms with van der Waals surface area (Å²) in [6, 6.07) is 10.4. The van der Waals surface area contributed by atoms with E-state index in [1.54, 1.807) is 6.07 Å². The Bertz CT molecular complexity index is 653. The molecule has 4 heteroatoms. The Balaban J connectivity index is 2.07. The fourth-order valence-electron chi connectivity index (χ4n) is 1.90. The van der Waals surface area contributed by atoms with Gasteiger partial charge < -0.3 is 10.4 Å². The number of nitrogens with one attached hydrogen (secondary N) is 1. The van der Waals surface area contributed by atoms with E-state index in [0.29, 0.717) is 17.1 Å². The molecule has 2 aromatic rings. The van der Waals surface area contributed by atoms with Crippen LogP contribution in [0.5, 0.6) is 5.75 Å². The molecule has 0 aliphatic rings. The second-order valence-corrected chi connectivity index (χ2v) is 5.21. The van der Waals surface area contributed by atoms with Gasteiger partial charge in [-0.05, 0) is 42.7 Å². The summed E-state index contributed by atoms with van der Waals surface area (Å²) in [5.41, 5.74) is 3.83. The third-order valence-corrected chi connectivity index (χ3v) is 3.48. The van der Waals surface area contributed by atoms with Crippen molar-refractivity contribution < 1.29 is 9.90 Å². The number of halogens is 1. The average molecular weight is 290 g/mol. The maximum Gasteiger partial charge on any atom is 0.228 e. The number of rotatable bonds is 3. The first-order chi connectivity index (χ1) is 9.45. The lowest BCUT2D eigenvalue weighted by atomic mass is 10.0. The average Bonchev–Trinajstić information content (AvgIpc) is 2.37. The molecule has 0 fully saturated rings. The van der Waals surface area contributed by atoms with E-state index in [2.05, 4.69) is 5.32 Å². The number of anilines is 1. The first-order valence-corrected chi connectivity index (χ1v) is 6.68. The Morgan fingerprint density at radius 3 is 2.55 bits per heavy atom. The van der Waals surface area contributed by atoms with E-state index in [4.69, 9.17) is 11.6 Å². The summed E-state index contributed by atoms with van der Waals surface area (Å²) < 4.78 is 0. The van der Waals surface area contributed by atoms with Gasteiger partial charge in [0.2, 0.25) is 5.91 Å². The minimum absolute atomic E-state index is 0.0714. The summed E-state index contributed by atoms with van der Waals surface area (Å²) in [7, 11) is 0. The number of benzene rings is 2. The van der Waals surface area contributed by atoms with E-state index in [1.165, 1.54) is 17.7 Å². The normalized spacial score (nSPS) is 10.3. The number of carbonyl (C=O) groups excluding carboxylic acids is 1. The second-order valence-electron chi connectivity index (χ2n) is 4.81. The van der Waals surface area contributed by atoms with Crippen LogP contribution in [-0.4, -0.2) is 11.0 Å². The van der Waals surface area contributed by atoms with Gasteiger partial charge in [0.05, 0.1) is 17.1 Å². The van der Waals surface area contributed by atoms with Crippen molar-refractivity contribution in [2.75, 3.05) is 5.32 Å². The molecule has 2 aromatic carbocycles. The van der Waals surface area contributed by atoms with E-state index in [0.717, 1.165) is 11.1 Å². The lowest BCUT2D eigenvalue weighted by molar-refractivity contribution is -0.115. The van der Waals surface area contributed by atoms with Crippen molar-refractivity contribution >= 4 is 23.2 Å². The smallest absolute Gasteiger partial charge is 0.228 e. The highest BCUT2D eigenvalue weighted by Gasteiger charge is 2.08. The van der Waals surface area contributed by atoms with Crippen molar-refractivity contribution in [3.63, 3.8) is 0 Å². The van der Waals surface area contributed by atoms with Crippen LogP contribution in [0.4, 0.5) is 5.69 Å². The molecule has 0 unspecified atom stereocenters. The van der Waals surface area contributed by atoms with Crippen molar-refractivity contribution in [1.29, 1.82) is 0 Å². The van der Waals surface area contributed by atoms with Gasteiger partial charge in [0.15, 0.2) is 0 Å². The predicted octanol–water partition coefficient (Wildman–Crippen LogP) is 3.84. The maximum atomic E-state index is 12.0. The molecule has 104 valence electrons. The SMILES string of the molecule is Cc1ccc(CC(=O)Nc2ccc(O)cc2Cl)cc1C. The summed E-state index contributed by atoms with van der Waals surface area (Å²) in [4.78, 5) is 12.0.